The van der Waals surface area contributed by atoms with Gasteiger partial charge in [0.2, 0.25) is 5.91 Å². The summed E-state index contributed by atoms with van der Waals surface area (Å²) in [5, 5.41) is 3.09. The van der Waals surface area contributed by atoms with Gasteiger partial charge in [0.25, 0.3) is 5.91 Å². The standard InChI is InChI=1S/C30H34Br2N2O3/c1-4-21(3)33-30(36)27(18-23-10-7-6-8-11-23)34(19-24-12-9-13-25(31)16-24)29(35)20-37-28-15-14-22(5-2)17-26(28)32/h6-17,21,27H,4-5,18-20H2,1-3H3,(H,33,36)/t21-,27-/m0/s1. The lowest BCUT2D eigenvalue weighted by atomic mass is 10.0. The summed E-state index contributed by atoms with van der Waals surface area (Å²) in [7, 11) is 0. The van der Waals surface area contributed by atoms with E-state index in [4.69, 9.17) is 4.74 Å². The average molecular weight is 630 g/mol. The molecule has 3 aromatic carbocycles. The van der Waals surface area contributed by atoms with Crippen LogP contribution in [0.5, 0.6) is 5.75 Å². The zero-order valence-corrected chi connectivity index (χ0v) is 24.7. The molecule has 2 atom stereocenters. The van der Waals surface area contributed by atoms with Crippen molar-refractivity contribution in [3.8, 4) is 5.75 Å². The van der Waals surface area contributed by atoms with Gasteiger partial charge in [-0.15, -0.1) is 0 Å². The SMILES string of the molecule is CCc1ccc(OCC(=O)N(Cc2cccc(Br)c2)[C@@H](Cc2ccccc2)C(=O)N[C@@H](C)CC)c(Br)c1. The minimum Gasteiger partial charge on any atom is -0.483 e. The van der Waals surface area contributed by atoms with Crippen LogP contribution >= 0.6 is 31.9 Å². The van der Waals surface area contributed by atoms with Crippen molar-refractivity contribution < 1.29 is 14.3 Å². The van der Waals surface area contributed by atoms with Crippen molar-refractivity contribution in [1.29, 1.82) is 0 Å². The van der Waals surface area contributed by atoms with E-state index in [1.807, 2.05) is 86.6 Å². The summed E-state index contributed by atoms with van der Waals surface area (Å²) in [4.78, 5) is 28.9. The van der Waals surface area contributed by atoms with E-state index < -0.39 is 6.04 Å². The van der Waals surface area contributed by atoms with Gasteiger partial charge < -0.3 is 15.0 Å². The van der Waals surface area contributed by atoms with Crippen molar-refractivity contribution in [1.82, 2.24) is 10.2 Å². The fourth-order valence-corrected chi connectivity index (χ4v) is 4.92. The van der Waals surface area contributed by atoms with Crippen LogP contribution in [0.1, 0.15) is 43.9 Å². The Labute approximate surface area is 236 Å². The average Bonchev–Trinajstić information content (AvgIpc) is 2.90. The van der Waals surface area contributed by atoms with Crippen LogP contribution < -0.4 is 10.1 Å². The second-order valence-electron chi connectivity index (χ2n) is 9.08. The molecule has 37 heavy (non-hydrogen) atoms. The Bertz CT molecular complexity index is 1190. The van der Waals surface area contributed by atoms with E-state index in [2.05, 4.69) is 44.1 Å². The lowest BCUT2D eigenvalue weighted by Gasteiger charge is -2.32. The number of rotatable bonds is 12. The first-order valence-electron chi connectivity index (χ1n) is 12.6. The Balaban J connectivity index is 1.92. The molecule has 3 rings (SSSR count). The molecule has 196 valence electrons. The third-order valence-corrected chi connectivity index (χ3v) is 7.38. The Morgan fingerprint density at radius 2 is 1.65 bits per heavy atom. The molecule has 3 aromatic rings. The van der Waals surface area contributed by atoms with Crippen LogP contribution in [0, 0.1) is 0 Å². The van der Waals surface area contributed by atoms with Crippen molar-refractivity contribution in [2.75, 3.05) is 6.61 Å². The fraction of sp³-hybridized carbons (Fsp3) is 0.333. The maximum absolute atomic E-state index is 13.7. The van der Waals surface area contributed by atoms with Crippen LogP contribution in [0.25, 0.3) is 0 Å². The smallest absolute Gasteiger partial charge is 0.261 e. The molecule has 0 spiro atoms. The van der Waals surface area contributed by atoms with Crippen molar-refractivity contribution in [2.45, 2.75) is 58.7 Å². The fourth-order valence-electron chi connectivity index (χ4n) is 3.93. The lowest BCUT2D eigenvalue weighted by Crippen LogP contribution is -2.53. The van der Waals surface area contributed by atoms with E-state index in [9.17, 15) is 9.59 Å². The second kappa shape index (κ2) is 14.3. The summed E-state index contributed by atoms with van der Waals surface area (Å²) in [5.74, 6) is 0.165. The van der Waals surface area contributed by atoms with E-state index in [0.717, 1.165) is 32.9 Å². The topological polar surface area (TPSA) is 58.6 Å². The van der Waals surface area contributed by atoms with E-state index in [-0.39, 0.29) is 31.0 Å². The van der Waals surface area contributed by atoms with Crippen molar-refractivity contribution in [2.24, 2.45) is 0 Å². The zero-order chi connectivity index (χ0) is 26.8. The molecule has 2 amide bonds. The van der Waals surface area contributed by atoms with Crippen LogP contribution in [-0.2, 0) is 29.0 Å². The molecule has 0 saturated carbocycles. The normalized spacial score (nSPS) is 12.5. The van der Waals surface area contributed by atoms with Gasteiger partial charge in [-0.1, -0.05) is 78.3 Å². The van der Waals surface area contributed by atoms with Gasteiger partial charge in [0, 0.05) is 23.5 Å². The van der Waals surface area contributed by atoms with Gasteiger partial charge in [-0.3, -0.25) is 9.59 Å². The molecule has 0 heterocycles. The van der Waals surface area contributed by atoms with Crippen molar-refractivity contribution >= 4 is 43.7 Å². The van der Waals surface area contributed by atoms with E-state index in [1.165, 1.54) is 5.56 Å². The Hall–Kier alpha value is -2.64. The van der Waals surface area contributed by atoms with Gasteiger partial charge in [0.15, 0.2) is 6.61 Å². The van der Waals surface area contributed by atoms with Gasteiger partial charge >= 0.3 is 0 Å². The minimum atomic E-state index is -0.697. The zero-order valence-electron chi connectivity index (χ0n) is 21.5. The molecular formula is C30H34Br2N2O3. The molecule has 0 bridgehead atoms. The largest absolute Gasteiger partial charge is 0.483 e. The summed E-state index contributed by atoms with van der Waals surface area (Å²) < 4.78 is 7.66. The van der Waals surface area contributed by atoms with Crippen molar-refractivity contribution in [3.63, 3.8) is 0 Å². The number of amides is 2. The Morgan fingerprint density at radius 3 is 2.30 bits per heavy atom. The highest BCUT2D eigenvalue weighted by Crippen LogP contribution is 2.26. The molecule has 0 aromatic heterocycles. The van der Waals surface area contributed by atoms with Gasteiger partial charge in [-0.25, -0.2) is 0 Å². The second-order valence-corrected chi connectivity index (χ2v) is 10.9. The lowest BCUT2D eigenvalue weighted by molar-refractivity contribution is -0.143. The molecule has 0 unspecified atom stereocenters. The first-order chi connectivity index (χ1) is 17.8. The summed E-state index contributed by atoms with van der Waals surface area (Å²) in [5.41, 5.74) is 3.08. The predicted octanol–water partition coefficient (Wildman–Crippen LogP) is 6.71. The molecule has 5 nitrogen and oxygen atoms in total. The highest BCUT2D eigenvalue weighted by Gasteiger charge is 2.31. The molecular weight excluding hydrogens is 596 g/mol. The highest BCUT2D eigenvalue weighted by molar-refractivity contribution is 9.10. The number of hydrogen-bond acceptors (Lipinski definition) is 3. The third kappa shape index (κ3) is 8.71. The number of ether oxygens (including phenoxy) is 1. The third-order valence-electron chi connectivity index (χ3n) is 6.27. The molecule has 0 fully saturated rings. The van der Waals surface area contributed by atoms with Gasteiger partial charge in [0.05, 0.1) is 4.47 Å². The summed E-state index contributed by atoms with van der Waals surface area (Å²) in [6.45, 7) is 6.18. The molecule has 7 heteroatoms. The molecule has 0 aliphatic rings. The van der Waals surface area contributed by atoms with Crippen LogP contribution in [0.3, 0.4) is 0 Å². The van der Waals surface area contributed by atoms with E-state index in [1.54, 1.807) is 4.90 Å². The van der Waals surface area contributed by atoms with Crippen LogP contribution in [0.15, 0.2) is 81.7 Å². The maximum atomic E-state index is 13.7. The highest BCUT2D eigenvalue weighted by atomic mass is 79.9. The van der Waals surface area contributed by atoms with E-state index >= 15 is 0 Å². The Morgan fingerprint density at radius 1 is 0.919 bits per heavy atom. The first kappa shape index (κ1) is 28.9. The van der Waals surface area contributed by atoms with Crippen LogP contribution in [-0.4, -0.2) is 35.4 Å². The minimum absolute atomic E-state index is 0.00196. The number of nitrogens with zero attached hydrogens (tertiary/aromatic N) is 1. The van der Waals surface area contributed by atoms with Gasteiger partial charge in [0.1, 0.15) is 11.8 Å². The number of benzene rings is 3. The number of nitrogens with one attached hydrogen (secondary N) is 1. The summed E-state index contributed by atoms with van der Waals surface area (Å²) >= 11 is 7.07. The number of carbonyl (C=O) groups excluding carboxylic acids is 2. The monoisotopic (exact) mass is 628 g/mol. The molecule has 0 aliphatic carbocycles. The Kier molecular flexibility index (Phi) is 11.2. The number of carbonyl (C=O) groups is 2. The number of halogens is 2. The molecule has 0 aliphatic heterocycles. The van der Waals surface area contributed by atoms with Crippen LogP contribution in [0.2, 0.25) is 0 Å². The number of hydrogen-bond donors (Lipinski definition) is 1. The summed E-state index contributed by atoms with van der Waals surface area (Å²) in [6, 6.07) is 22.7. The summed E-state index contributed by atoms with van der Waals surface area (Å²) in [6.07, 6.45) is 2.11. The molecule has 1 N–H and O–H groups in total. The predicted molar refractivity (Wildman–Crippen MR) is 156 cm³/mol. The molecule has 0 saturated heterocycles. The molecule has 0 radical (unpaired) electrons. The van der Waals surface area contributed by atoms with Gasteiger partial charge in [-0.05, 0) is 76.7 Å². The quantitative estimate of drug-likeness (QED) is 0.242. The number of aryl methyl sites for hydroxylation is 1. The maximum Gasteiger partial charge on any atom is 0.261 e. The van der Waals surface area contributed by atoms with Crippen molar-refractivity contribution in [3.05, 3.63) is 98.4 Å². The first-order valence-corrected chi connectivity index (χ1v) is 14.2. The van der Waals surface area contributed by atoms with Crippen LogP contribution in [0.4, 0.5) is 0 Å². The van der Waals surface area contributed by atoms with E-state index in [0.29, 0.717) is 12.2 Å². The van der Waals surface area contributed by atoms with Gasteiger partial charge in [-0.2, -0.15) is 0 Å².